The Balaban J connectivity index is 1.66. The fourth-order valence-electron chi connectivity index (χ4n) is 3.77. The Labute approximate surface area is 151 Å². The molecule has 0 atom stereocenters. The molecule has 1 aliphatic carbocycles. The van der Waals surface area contributed by atoms with Crippen LogP contribution in [0.3, 0.4) is 0 Å². The van der Waals surface area contributed by atoms with Crippen LogP contribution in [0.1, 0.15) is 48.3 Å². The number of nitrogens with one attached hydrogen (secondary N) is 2. The zero-order chi connectivity index (χ0) is 18.3. The molecule has 0 amide bonds. The van der Waals surface area contributed by atoms with Gasteiger partial charge in [-0.05, 0) is 45.7 Å². The molecule has 3 heterocycles. The normalized spacial score (nSPS) is 20.0. The zero-order valence-electron chi connectivity index (χ0n) is 15.1. The number of hydrogen-bond acceptors (Lipinski definition) is 5. The van der Waals surface area contributed by atoms with E-state index in [0.717, 1.165) is 41.4 Å². The molecule has 8 heteroatoms. The SMILES string of the molecule is Cc1cc(C)n(-c2nc3c(c(NC4CCC(F)(F)CC4)n2)CCNC3)n1. The summed E-state index contributed by atoms with van der Waals surface area (Å²) < 4.78 is 28.6. The highest BCUT2D eigenvalue weighted by molar-refractivity contribution is 5.50. The van der Waals surface area contributed by atoms with Gasteiger partial charge in [-0.1, -0.05) is 0 Å². The minimum atomic E-state index is -2.53. The lowest BCUT2D eigenvalue weighted by molar-refractivity contribution is -0.0361. The van der Waals surface area contributed by atoms with E-state index in [0.29, 0.717) is 25.3 Å². The average Bonchev–Trinajstić information content (AvgIpc) is 2.95. The molecule has 140 valence electrons. The maximum absolute atomic E-state index is 13.4. The topological polar surface area (TPSA) is 67.7 Å². The van der Waals surface area contributed by atoms with Crippen molar-refractivity contribution < 1.29 is 8.78 Å². The van der Waals surface area contributed by atoms with E-state index in [9.17, 15) is 8.78 Å². The standard InChI is InChI=1S/C18H24F2N6/c1-11-9-12(2)26(25-11)17-23-15-10-21-8-5-14(15)16(24-17)22-13-3-6-18(19,20)7-4-13/h9,13,21H,3-8,10H2,1-2H3,(H,22,23,24). The van der Waals surface area contributed by atoms with Gasteiger partial charge in [-0.3, -0.25) is 0 Å². The molecule has 1 aliphatic heterocycles. The van der Waals surface area contributed by atoms with Crippen LogP contribution < -0.4 is 10.6 Å². The number of halogens is 2. The zero-order valence-corrected chi connectivity index (χ0v) is 15.1. The van der Waals surface area contributed by atoms with Crippen molar-refractivity contribution in [1.82, 2.24) is 25.1 Å². The quantitative estimate of drug-likeness (QED) is 0.879. The number of rotatable bonds is 3. The van der Waals surface area contributed by atoms with Crippen LogP contribution >= 0.6 is 0 Å². The van der Waals surface area contributed by atoms with Crippen molar-refractivity contribution in [3.63, 3.8) is 0 Å². The predicted octanol–water partition coefficient (Wildman–Crippen LogP) is 2.91. The van der Waals surface area contributed by atoms with E-state index >= 15 is 0 Å². The van der Waals surface area contributed by atoms with Gasteiger partial charge >= 0.3 is 0 Å². The van der Waals surface area contributed by atoms with Crippen LogP contribution in [0.5, 0.6) is 0 Å². The van der Waals surface area contributed by atoms with Gasteiger partial charge in [0.2, 0.25) is 5.92 Å². The van der Waals surface area contributed by atoms with Crippen molar-refractivity contribution in [3.8, 4) is 5.95 Å². The smallest absolute Gasteiger partial charge is 0.253 e. The lowest BCUT2D eigenvalue weighted by atomic mass is 9.92. The first-order valence-electron chi connectivity index (χ1n) is 9.20. The summed E-state index contributed by atoms with van der Waals surface area (Å²) in [6, 6.07) is 2.01. The summed E-state index contributed by atoms with van der Waals surface area (Å²) in [5, 5.41) is 11.2. The first-order valence-corrected chi connectivity index (χ1v) is 9.20. The average molecular weight is 362 g/mol. The second-order valence-electron chi connectivity index (χ2n) is 7.34. The number of fused-ring (bicyclic) bond motifs is 1. The van der Waals surface area contributed by atoms with E-state index < -0.39 is 5.92 Å². The lowest BCUT2D eigenvalue weighted by Gasteiger charge is -2.30. The van der Waals surface area contributed by atoms with E-state index in [1.807, 2.05) is 19.9 Å². The van der Waals surface area contributed by atoms with Gasteiger partial charge in [-0.2, -0.15) is 10.1 Å². The molecule has 1 saturated carbocycles. The van der Waals surface area contributed by atoms with Gasteiger partial charge in [-0.25, -0.2) is 18.4 Å². The van der Waals surface area contributed by atoms with E-state index in [2.05, 4.69) is 15.7 Å². The first kappa shape index (κ1) is 17.3. The molecule has 0 aromatic carbocycles. The summed E-state index contributed by atoms with van der Waals surface area (Å²) in [6.45, 7) is 5.46. The molecule has 4 rings (SSSR count). The van der Waals surface area contributed by atoms with Crippen LogP contribution in [0.25, 0.3) is 5.95 Å². The Bertz CT molecular complexity index is 806. The van der Waals surface area contributed by atoms with Crippen LogP contribution in [0.15, 0.2) is 6.07 Å². The van der Waals surface area contributed by atoms with Crippen molar-refractivity contribution in [2.75, 3.05) is 11.9 Å². The summed E-state index contributed by atoms with van der Waals surface area (Å²) in [6.07, 6.45) is 1.62. The maximum atomic E-state index is 13.4. The van der Waals surface area contributed by atoms with E-state index in [1.165, 1.54) is 0 Å². The second-order valence-corrected chi connectivity index (χ2v) is 7.34. The molecule has 0 saturated heterocycles. The number of aromatic nitrogens is 4. The highest BCUT2D eigenvalue weighted by atomic mass is 19.3. The molecule has 2 N–H and O–H groups in total. The molecule has 0 spiro atoms. The molecule has 2 aromatic rings. The van der Waals surface area contributed by atoms with Crippen molar-refractivity contribution in [3.05, 3.63) is 28.7 Å². The van der Waals surface area contributed by atoms with Crippen molar-refractivity contribution in [2.45, 2.75) is 64.5 Å². The van der Waals surface area contributed by atoms with Gasteiger partial charge in [0.1, 0.15) is 5.82 Å². The largest absolute Gasteiger partial charge is 0.367 e. The Morgan fingerprint density at radius 2 is 2.00 bits per heavy atom. The van der Waals surface area contributed by atoms with Gasteiger partial charge in [0.05, 0.1) is 11.4 Å². The lowest BCUT2D eigenvalue weighted by Crippen LogP contribution is -2.34. The second kappa shape index (κ2) is 6.57. The third-order valence-corrected chi connectivity index (χ3v) is 5.18. The molecule has 0 unspecified atom stereocenters. The number of nitrogens with zero attached hydrogens (tertiary/aromatic N) is 4. The van der Waals surface area contributed by atoms with E-state index in [1.54, 1.807) is 4.68 Å². The molecule has 2 aliphatic rings. The van der Waals surface area contributed by atoms with Gasteiger partial charge < -0.3 is 10.6 Å². The Morgan fingerprint density at radius 1 is 1.23 bits per heavy atom. The summed E-state index contributed by atoms with van der Waals surface area (Å²) in [7, 11) is 0. The van der Waals surface area contributed by atoms with Crippen LogP contribution in [0.4, 0.5) is 14.6 Å². The van der Waals surface area contributed by atoms with Gasteiger partial charge in [0.15, 0.2) is 0 Å². The van der Waals surface area contributed by atoms with E-state index in [4.69, 9.17) is 9.97 Å². The Morgan fingerprint density at radius 3 is 2.69 bits per heavy atom. The Kier molecular flexibility index (Phi) is 4.38. The molecule has 6 nitrogen and oxygen atoms in total. The minimum absolute atomic E-state index is 0.0248. The third-order valence-electron chi connectivity index (χ3n) is 5.18. The molecule has 1 fully saturated rings. The number of aryl methyl sites for hydroxylation is 2. The summed E-state index contributed by atoms with van der Waals surface area (Å²) in [5.74, 6) is -1.22. The monoisotopic (exact) mass is 362 g/mol. The Hall–Kier alpha value is -2.09. The van der Waals surface area contributed by atoms with E-state index in [-0.39, 0.29) is 18.9 Å². The van der Waals surface area contributed by atoms with Crippen LogP contribution in [0, 0.1) is 13.8 Å². The van der Waals surface area contributed by atoms with Gasteiger partial charge in [-0.15, -0.1) is 0 Å². The summed E-state index contributed by atoms with van der Waals surface area (Å²) in [5.41, 5.74) is 3.92. The fourth-order valence-corrected chi connectivity index (χ4v) is 3.77. The molecular formula is C18H24F2N6. The molecule has 0 bridgehead atoms. The molecular weight excluding hydrogens is 338 g/mol. The van der Waals surface area contributed by atoms with Crippen molar-refractivity contribution in [1.29, 1.82) is 0 Å². The third kappa shape index (κ3) is 3.42. The van der Waals surface area contributed by atoms with Gasteiger partial charge in [0.25, 0.3) is 5.95 Å². The summed E-state index contributed by atoms with van der Waals surface area (Å²) in [4.78, 5) is 9.43. The predicted molar refractivity (Wildman–Crippen MR) is 94.9 cm³/mol. The molecule has 0 radical (unpaired) electrons. The van der Waals surface area contributed by atoms with Gasteiger partial charge in [0, 0.05) is 36.7 Å². The summed E-state index contributed by atoms with van der Waals surface area (Å²) >= 11 is 0. The number of hydrogen-bond donors (Lipinski definition) is 2. The first-order chi connectivity index (χ1) is 12.4. The number of alkyl halides is 2. The van der Waals surface area contributed by atoms with Crippen molar-refractivity contribution in [2.24, 2.45) is 0 Å². The highest BCUT2D eigenvalue weighted by Gasteiger charge is 2.35. The van der Waals surface area contributed by atoms with Crippen LogP contribution in [-0.4, -0.2) is 38.3 Å². The van der Waals surface area contributed by atoms with Crippen LogP contribution in [-0.2, 0) is 13.0 Å². The van der Waals surface area contributed by atoms with Crippen molar-refractivity contribution >= 4 is 5.82 Å². The highest BCUT2D eigenvalue weighted by Crippen LogP contribution is 2.35. The van der Waals surface area contributed by atoms with Crippen LogP contribution in [0.2, 0.25) is 0 Å². The minimum Gasteiger partial charge on any atom is -0.367 e. The fraction of sp³-hybridized carbons (Fsp3) is 0.611. The number of anilines is 1. The molecule has 26 heavy (non-hydrogen) atoms. The molecule has 2 aromatic heterocycles. The maximum Gasteiger partial charge on any atom is 0.253 e.